The molecule has 3 aromatic rings. The summed E-state index contributed by atoms with van der Waals surface area (Å²) in [6.45, 7) is 1.68. The summed E-state index contributed by atoms with van der Waals surface area (Å²) in [6, 6.07) is 14.4. The fourth-order valence-electron chi connectivity index (χ4n) is 3.99. The average molecular weight is 584 g/mol. The van der Waals surface area contributed by atoms with Crippen LogP contribution in [0.3, 0.4) is 0 Å². The maximum Gasteiger partial charge on any atom is 0.393 e. The van der Waals surface area contributed by atoms with E-state index < -0.39 is 45.3 Å². The molecule has 3 rings (SSSR count). The minimum atomic E-state index is -4.74. The number of nitrogens with one attached hydrogen (secondary N) is 2. The number of halogens is 4. The van der Waals surface area contributed by atoms with E-state index in [2.05, 4.69) is 15.6 Å². The molecule has 0 radical (unpaired) electrons. The van der Waals surface area contributed by atoms with Crippen LogP contribution in [0.25, 0.3) is 10.9 Å². The van der Waals surface area contributed by atoms with E-state index in [0.717, 1.165) is 23.5 Å². The number of hydrogen-bond donors (Lipinski definition) is 3. The van der Waals surface area contributed by atoms with Gasteiger partial charge in [0.2, 0.25) is 5.91 Å². The van der Waals surface area contributed by atoms with Crippen molar-refractivity contribution in [3.8, 4) is 0 Å². The van der Waals surface area contributed by atoms with Gasteiger partial charge in [-0.25, -0.2) is 8.42 Å². The first kappa shape index (κ1) is 30.4. The van der Waals surface area contributed by atoms with Gasteiger partial charge in [0.15, 0.2) is 9.84 Å². The molecule has 2 aromatic carbocycles. The van der Waals surface area contributed by atoms with Crippen LogP contribution in [0.4, 0.5) is 18.9 Å². The molecule has 0 aliphatic rings. The number of hydrogen-bond acceptors (Lipinski definition) is 6. The molecule has 0 aliphatic heterocycles. The zero-order valence-electron chi connectivity index (χ0n) is 21.1. The summed E-state index contributed by atoms with van der Waals surface area (Å²) in [5.74, 6) is -1.91. The Balaban J connectivity index is 1.57. The second-order valence-electron chi connectivity index (χ2n) is 9.30. The monoisotopic (exact) mass is 583 g/mol. The van der Waals surface area contributed by atoms with E-state index in [-0.39, 0.29) is 11.4 Å². The van der Waals surface area contributed by atoms with Gasteiger partial charge in [-0.2, -0.15) is 13.2 Å². The number of aliphatic hydroxyl groups is 1. The molecule has 1 atom stereocenters. The maximum absolute atomic E-state index is 13.2. The zero-order chi connectivity index (χ0) is 28.7. The summed E-state index contributed by atoms with van der Waals surface area (Å²) in [6.07, 6.45) is -2.96. The number of anilines is 1. The van der Waals surface area contributed by atoms with E-state index in [1.807, 2.05) is 12.1 Å². The number of nitrogens with zero attached hydrogens (tertiary/aromatic N) is 1. The molecule has 1 amide bonds. The van der Waals surface area contributed by atoms with Gasteiger partial charge >= 0.3 is 6.18 Å². The van der Waals surface area contributed by atoms with Gasteiger partial charge in [-0.3, -0.25) is 9.78 Å². The second kappa shape index (κ2) is 12.8. The van der Waals surface area contributed by atoms with Gasteiger partial charge < -0.3 is 15.7 Å². The molecule has 210 valence electrons. The van der Waals surface area contributed by atoms with Crippen molar-refractivity contribution in [2.75, 3.05) is 24.2 Å². The van der Waals surface area contributed by atoms with Crippen molar-refractivity contribution in [2.45, 2.75) is 42.9 Å². The highest BCUT2D eigenvalue weighted by Crippen LogP contribution is 2.28. The van der Waals surface area contributed by atoms with Gasteiger partial charge in [0.25, 0.3) is 0 Å². The van der Waals surface area contributed by atoms with Gasteiger partial charge in [-0.15, -0.1) is 0 Å². The van der Waals surface area contributed by atoms with E-state index >= 15 is 0 Å². The van der Waals surface area contributed by atoms with Crippen molar-refractivity contribution < 1.29 is 31.5 Å². The number of fused-ring (bicyclic) bond motifs is 1. The molecule has 7 nitrogen and oxygen atoms in total. The highest BCUT2D eigenvalue weighted by Gasteiger charge is 2.35. The lowest BCUT2D eigenvalue weighted by Gasteiger charge is -2.22. The third-order valence-electron chi connectivity index (χ3n) is 5.66. The minimum Gasteiger partial charge on any atom is -0.385 e. The molecule has 39 heavy (non-hydrogen) atoms. The quantitative estimate of drug-likeness (QED) is 0.197. The normalized spacial score (nSPS) is 14.2. The second-order valence-corrected chi connectivity index (χ2v) is 11.7. The third-order valence-corrected chi connectivity index (χ3v) is 7.85. The number of sulfone groups is 1. The lowest BCUT2D eigenvalue weighted by atomic mass is 10.0. The van der Waals surface area contributed by atoms with Crippen molar-refractivity contribution in [1.29, 1.82) is 0 Å². The third kappa shape index (κ3) is 9.52. The Kier molecular flexibility index (Phi) is 9.98. The Labute approximate surface area is 230 Å². The lowest BCUT2D eigenvalue weighted by Crippen LogP contribution is -2.35. The van der Waals surface area contributed by atoms with Crippen LogP contribution >= 0.6 is 11.6 Å². The van der Waals surface area contributed by atoms with Crippen molar-refractivity contribution in [3.05, 3.63) is 77.5 Å². The summed E-state index contributed by atoms with van der Waals surface area (Å²) >= 11 is 6.00. The molecule has 0 spiro atoms. The number of alkyl halides is 3. The highest BCUT2D eigenvalue weighted by molar-refractivity contribution is 7.91. The van der Waals surface area contributed by atoms with Gasteiger partial charge in [0.1, 0.15) is 0 Å². The van der Waals surface area contributed by atoms with Crippen molar-refractivity contribution in [3.63, 3.8) is 0 Å². The SMILES string of the molecule is CC(O)(/C=C(/CC(F)(F)F)C(=O)NCCCCNc1ccnc2cc(Cl)ccc12)CS(=O)(=O)c1ccccc1. The van der Waals surface area contributed by atoms with Gasteiger partial charge in [0, 0.05) is 41.0 Å². The van der Waals surface area contributed by atoms with Crippen LogP contribution in [0.15, 0.2) is 77.3 Å². The summed E-state index contributed by atoms with van der Waals surface area (Å²) < 4.78 is 64.8. The zero-order valence-corrected chi connectivity index (χ0v) is 22.7. The summed E-state index contributed by atoms with van der Waals surface area (Å²) in [4.78, 5) is 16.8. The number of amides is 1. The van der Waals surface area contributed by atoms with Crippen LogP contribution in [0.5, 0.6) is 0 Å². The van der Waals surface area contributed by atoms with Gasteiger partial charge in [0.05, 0.1) is 28.2 Å². The molecule has 1 unspecified atom stereocenters. The van der Waals surface area contributed by atoms with Crippen molar-refractivity contribution in [1.82, 2.24) is 10.3 Å². The van der Waals surface area contributed by atoms with Crippen LogP contribution in [0, 0.1) is 0 Å². The molecule has 0 fully saturated rings. The fraction of sp³-hybridized carbons (Fsp3) is 0.333. The number of rotatable bonds is 12. The first-order valence-electron chi connectivity index (χ1n) is 12.1. The molecule has 1 heterocycles. The molecular formula is C27H29ClF3N3O4S. The lowest BCUT2D eigenvalue weighted by molar-refractivity contribution is -0.134. The Bertz CT molecular complexity index is 1430. The van der Waals surface area contributed by atoms with E-state index in [1.54, 1.807) is 24.4 Å². The number of pyridine rings is 1. The van der Waals surface area contributed by atoms with Gasteiger partial charge in [-0.1, -0.05) is 29.8 Å². The maximum atomic E-state index is 13.2. The Hall–Kier alpha value is -3.15. The van der Waals surface area contributed by atoms with Crippen LogP contribution < -0.4 is 10.6 Å². The number of benzene rings is 2. The van der Waals surface area contributed by atoms with Crippen LogP contribution in [-0.2, 0) is 14.6 Å². The molecule has 0 saturated carbocycles. The highest BCUT2D eigenvalue weighted by atomic mass is 35.5. The first-order chi connectivity index (χ1) is 18.3. The van der Waals surface area contributed by atoms with Crippen LogP contribution in [-0.4, -0.2) is 55.0 Å². The topological polar surface area (TPSA) is 108 Å². The largest absolute Gasteiger partial charge is 0.393 e. The summed E-state index contributed by atoms with van der Waals surface area (Å²) in [7, 11) is -4.02. The van der Waals surface area contributed by atoms with E-state index in [1.165, 1.54) is 24.3 Å². The molecular weight excluding hydrogens is 555 g/mol. The summed E-state index contributed by atoms with van der Waals surface area (Å²) in [5, 5.41) is 17.8. The Morgan fingerprint density at radius 3 is 2.46 bits per heavy atom. The van der Waals surface area contributed by atoms with E-state index in [0.29, 0.717) is 30.5 Å². The predicted octanol–water partition coefficient (Wildman–Crippen LogP) is 5.30. The van der Waals surface area contributed by atoms with E-state index in [9.17, 15) is 31.5 Å². The number of aromatic nitrogens is 1. The number of unbranched alkanes of at least 4 members (excludes halogenated alkanes) is 1. The van der Waals surface area contributed by atoms with Crippen LogP contribution in [0.1, 0.15) is 26.2 Å². The van der Waals surface area contributed by atoms with Crippen LogP contribution in [0.2, 0.25) is 5.02 Å². The molecule has 0 saturated heterocycles. The van der Waals surface area contributed by atoms with Crippen molar-refractivity contribution in [2.24, 2.45) is 0 Å². The average Bonchev–Trinajstić information content (AvgIpc) is 2.84. The standard InChI is InChI=1S/C27H29ClF3N3O4S/c1-26(36,18-39(37,38)21-7-3-2-4-8-21)16-19(17-27(29,30)31)25(35)34-13-6-5-12-32-23-11-14-33-24-15-20(28)9-10-22(23)24/h2-4,7-11,14-16,36H,5-6,12-13,17-18H2,1H3,(H,32,33)(H,34,35)/b19-16-. The fourth-order valence-corrected chi connectivity index (χ4v) is 5.75. The first-order valence-corrected chi connectivity index (χ1v) is 14.1. The molecule has 1 aromatic heterocycles. The Morgan fingerprint density at radius 1 is 1.08 bits per heavy atom. The molecule has 0 aliphatic carbocycles. The van der Waals surface area contributed by atoms with E-state index in [4.69, 9.17) is 11.6 Å². The summed E-state index contributed by atoms with van der Waals surface area (Å²) in [5.41, 5.74) is -1.38. The minimum absolute atomic E-state index is 0.0855. The number of carbonyl (C=O) groups is 1. The van der Waals surface area contributed by atoms with Gasteiger partial charge in [-0.05, 0) is 62.2 Å². The predicted molar refractivity (Wildman–Crippen MR) is 145 cm³/mol. The molecule has 0 bridgehead atoms. The number of carbonyl (C=O) groups excluding carboxylic acids is 1. The Morgan fingerprint density at radius 2 is 1.77 bits per heavy atom. The smallest absolute Gasteiger partial charge is 0.385 e. The molecule has 12 heteroatoms. The molecule has 3 N–H and O–H groups in total. The van der Waals surface area contributed by atoms with Crippen molar-refractivity contribution >= 4 is 43.9 Å².